The number of hydrogen-bond acceptors (Lipinski definition) is 3. The van der Waals surface area contributed by atoms with Gasteiger partial charge in [-0.2, -0.15) is 0 Å². The third kappa shape index (κ3) is 1.20. The molecule has 2 rings (SSSR count). The lowest BCUT2D eigenvalue weighted by atomic mass is 9.79. The Morgan fingerprint density at radius 1 is 1.25 bits per heavy atom. The highest BCUT2D eigenvalue weighted by Crippen LogP contribution is 2.35. The maximum absolute atomic E-state index is 12.0. The van der Waals surface area contributed by atoms with Crippen molar-refractivity contribution in [1.29, 1.82) is 0 Å². The first-order chi connectivity index (χ1) is 7.49. The number of aliphatic hydroxyl groups excluding tert-OH is 1. The molecule has 1 fully saturated rings. The molecule has 1 aromatic rings. The molecule has 84 valence electrons. The van der Waals surface area contributed by atoms with Crippen molar-refractivity contribution in [2.45, 2.75) is 18.4 Å². The zero-order chi connectivity index (χ0) is 11.9. The Balaban J connectivity index is 2.54. The van der Waals surface area contributed by atoms with Crippen molar-refractivity contribution in [3.8, 4) is 0 Å². The minimum Gasteiger partial charge on any atom is -0.382 e. The van der Waals surface area contributed by atoms with Crippen LogP contribution in [0.25, 0.3) is 0 Å². The molecule has 4 heteroatoms. The third-order valence-corrected chi connectivity index (χ3v) is 3.23. The standard InChI is InChI=1S/C12H13NO3/c1-12(8-6-4-3-5-7-8)9(14)10(15)13(2)11(12)16/h3-7,9,14H,1-2H3. The van der Waals surface area contributed by atoms with Crippen LogP contribution in [-0.4, -0.2) is 35.0 Å². The fourth-order valence-electron chi connectivity index (χ4n) is 2.06. The van der Waals surface area contributed by atoms with Crippen LogP contribution in [-0.2, 0) is 15.0 Å². The average molecular weight is 219 g/mol. The average Bonchev–Trinajstić information content (AvgIpc) is 2.47. The first-order valence-corrected chi connectivity index (χ1v) is 5.05. The van der Waals surface area contributed by atoms with E-state index in [1.54, 1.807) is 31.2 Å². The summed E-state index contributed by atoms with van der Waals surface area (Å²) in [4.78, 5) is 24.5. The van der Waals surface area contributed by atoms with Crippen molar-refractivity contribution in [2.75, 3.05) is 7.05 Å². The summed E-state index contributed by atoms with van der Waals surface area (Å²) in [6.07, 6.45) is -1.30. The molecule has 1 aromatic carbocycles. The molecule has 1 heterocycles. The van der Waals surface area contributed by atoms with Gasteiger partial charge in [0.1, 0.15) is 5.41 Å². The number of likely N-dealkylation sites (tertiary alicyclic amines) is 1. The Morgan fingerprint density at radius 3 is 2.25 bits per heavy atom. The molecule has 0 spiro atoms. The van der Waals surface area contributed by atoms with E-state index in [1.807, 2.05) is 6.07 Å². The Bertz CT molecular complexity index is 443. The number of nitrogens with zero attached hydrogens (tertiary/aromatic N) is 1. The Morgan fingerprint density at radius 2 is 1.81 bits per heavy atom. The van der Waals surface area contributed by atoms with Crippen LogP contribution in [0.4, 0.5) is 0 Å². The maximum atomic E-state index is 12.0. The quantitative estimate of drug-likeness (QED) is 0.691. The molecular formula is C12H13NO3. The van der Waals surface area contributed by atoms with Gasteiger partial charge in [0.25, 0.3) is 5.91 Å². The Labute approximate surface area is 93.5 Å². The van der Waals surface area contributed by atoms with Crippen LogP contribution in [0.15, 0.2) is 30.3 Å². The molecule has 2 amide bonds. The van der Waals surface area contributed by atoms with Crippen molar-refractivity contribution in [1.82, 2.24) is 4.90 Å². The van der Waals surface area contributed by atoms with Crippen LogP contribution in [0, 0.1) is 0 Å². The van der Waals surface area contributed by atoms with Gasteiger partial charge in [0.05, 0.1) is 0 Å². The second-order valence-electron chi connectivity index (χ2n) is 4.17. The summed E-state index contributed by atoms with van der Waals surface area (Å²) in [7, 11) is 1.39. The van der Waals surface area contributed by atoms with Crippen molar-refractivity contribution in [3.63, 3.8) is 0 Å². The van der Waals surface area contributed by atoms with Gasteiger partial charge in [-0.15, -0.1) is 0 Å². The summed E-state index contributed by atoms with van der Waals surface area (Å²) in [5.41, 5.74) is -0.502. The summed E-state index contributed by atoms with van der Waals surface area (Å²) < 4.78 is 0. The highest BCUT2D eigenvalue weighted by atomic mass is 16.3. The molecule has 0 aliphatic carbocycles. The van der Waals surface area contributed by atoms with Crippen LogP contribution >= 0.6 is 0 Å². The lowest BCUT2D eigenvalue weighted by Gasteiger charge is -2.24. The van der Waals surface area contributed by atoms with Crippen LogP contribution in [0.5, 0.6) is 0 Å². The molecule has 1 saturated heterocycles. The van der Waals surface area contributed by atoms with E-state index in [4.69, 9.17) is 0 Å². The van der Waals surface area contributed by atoms with E-state index in [-0.39, 0.29) is 5.91 Å². The van der Waals surface area contributed by atoms with E-state index in [0.29, 0.717) is 5.56 Å². The van der Waals surface area contributed by atoms with E-state index < -0.39 is 17.4 Å². The summed E-state index contributed by atoms with van der Waals surface area (Å²) in [6.45, 7) is 1.59. The monoisotopic (exact) mass is 219 g/mol. The molecule has 0 radical (unpaired) electrons. The number of amides is 2. The minimum absolute atomic E-state index is 0.365. The first-order valence-electron chi connectivity index (χ1n) is 5.05. The molecule has 1 N–H and O–H groups in total. The molecule has 1 aliphatic rings. The van der Waals surface area contributed by atoms with Gasteiger partial charge < -0.3 is 5.11 Å². The Hall–Kier alpha value is -1.68. The topological polar surface area (TPSA) is 57.6 Å². The first kappa shape index (κ1) is 10.8. The van der Waals surface area contributed by atoms with Gasteiger partial charge >= 0.3 is 0 Å². The van der Waals surface area contributed by atoms with E-state index in [1.165, 1.54) is 7.05 Å². The molecule has 0 aromatic heterocycles. The molecule has 4 nitrogen and oxygen atoms in total. The zero-order valence-electron chi connectivity index (χ0n) is 9.18. The van der Waals surface area contributed by atoms with Crippen molar-refractivity contribution >= 4 is 11.8 Å². The predicted molar refractivity (Wildman–Crippen MR) is 57.6 cm³/mol. The molecule has 2 unspecified atom stereocenters. The Kier molecular flexibility index (Phi) is 2.31. The van der Waals surface area contributed by atoms with Crippen LogP contribution in [0.1, 0.15) is 12.5 Å². The summed E-state index contributed by atoms with van der Waals surface area (Å²) in [6, 6.07) is 8.87. The molecule has 16 heavy (non-hydrogen) atoms. The lowest BCUT2D eigenvalue weighted by molar-refractivity contribution is -0.139. The number of hydrogen-bond donors (Lipinski definition) is 1. The van der Waals surface area contributed by atoms with E-state index in [2.05, 4.69) is 0 Å². The number of rotatable bonds is 1. The van der Waals surface area contributed by atoms with Crippen LogP contribution in [0.3, 0.4) is 0 Å². The zero-order valence-corrected chi connectivity index (χ0v) is 9.18. The van der Waals surface area contributed by atoms with E-state index >= 15 is 0 Å². The highest BCUT2D eigenvalue weighted by molar-refractivity contribution is 6.11. The molecule has 0 bridgehead atoms. The number of carbonyl (C=O) groups is 2. The normalized spacial score (nSPS) is 29.9. The number of aliphatic hydroxyl groups is 1. The molecule has 2 atom stereocenters. The maximum Gasteiger partial charge on any atom is 0.259 e. The van der Waals surface area contributed by atoms with E-state index in [9.17, 15) is 14.7 Å². The van der Waals surface area contributed by atoms with Gasteiger partial charge in [-0.05, 0) is 12.5 Å². The SMILES string of the molecule is CN1C(=O)C(O)C(C)(c2ccccc2)C1=O. The van der Waals surface area contributed by atoms with Crippen LogP contribution < -0.4 is 0 Å². The summed E-state index contributed by atoms with van der Waals surface area (Å²) in [5.74, 6) is -0.910. The van der Waals surface area contributed by atoms with Gasteiger partial charge in [-0.3, -0.25) is 14.5 Å². The molecule has 1 aliphatic heterocycles. The second-order valence-corrected chi connectivity index (χ2v) is 4.17. The van der Waals surface area contributed by atoms with Gasteiger partial charge in [0, 0.05) is 7.05 Å². The second kappa shape index (κ2) is 3.42. The lowest BCUT2D eigenvalue weighted by Crippen LogP contribution is -2.40. The molecular weight excluding hydrogens is 206 g/mol. The fraction of sp³-hybridized carbons (Fsp3) is 0.333. The number of imide groups is 1. The van der Waals surface area contributed by atoms with Gasteiger partial charge in [-0.25, -0.2) is 0 Å². The minimum atomic E-state index is -1.30. The summed E-state index contributed by atoms with van der Waals surface area (Å²) >= 11 is 0. The third-order valence-electron chi connectivity index (χ3n) is 3.23. The number of benzene rings is 1. The van der Waals surface area contributed by atoms with E-state index in [0.717, 1.165) is 4.90 Å². The van der Waals surface area contributed by atoms with Gasteiger partial charge in [-0.1, -0.05) is 30.3 Å². The molecule has 0 saturated carbocycles. The smallest absolute Gasteiger partial charge is 0.259 e. The van der Waals surface area contributed by atoms with Crippen molar-refractivity contribution < 1.29 is 14.7 Å². The predicted octanol–water partition coefficient (Wildman–Crippen LogP) is 0.304. The number of likely N-dealkylation sites (N-methyl/N-ethyl adjacent to an activating group) is 1. The number of carbonyl (C=O) groups excluding carboxylic acids is 2. The van der Waals surface area contributed by atoms with Gasteiger partial charge in [0.15, 0.2) is 6.10 Å². The largest absolute Gasteiger partial charge is 0.382 e. The van der Waals surface area contributed by atoms with Crippen molar-refractivity contribution in [2.24, 2.45) is 0 Å². The van der Waals surface area contributed by atoms with Crippen molar-refractivity contribution in [3.05, 3.63) is 35.9 Å². The highest BCUT2D eigenvalue weighted by Gasteiger charge is 2.55. The van der Waals surface area contributed by atoms with Crippen LogP contribution in [0.2, 0.25) is 0 Å². The fourth-order valence-corrected chi connectivity index (χ4v) is 2.06. The van der Waals surface area contributed by atoms with Gasteiger partial charge in [0.2, 0.25) is 5.91 Å². The summed E-state index contributed by atoms with van der Waals surface area (Å²) in [5, 5.41) is 9.90.